The molecule has 3 N–H and O–H groups in total. The van der Waals surface area contributed by atoms with E-state index in [1.807, 2.05) is 0 Å². The topological polar surface area (TPSA) is 78.4 Å². The molecule has 1 atom stereocenters. The number of carbonyl (C=O) groups excluding carboxylic acids is 2. The van der Waals surface area contributed by atoms with Crippen molar-refractivity contribution >= 4 is 11.8 Å². The van der Waals surface area contributed by atoms with Gasteiger partial charge in [0.25, 0.3) is 0 Å². The Balaban J connectivity index is 2.44. The summed E-state index contributed by atoms with van der Waals surface area (Å²) in [6.45, 7) is -0.244. The Morgan fingerprint density at radius 3 is 2.91 bits per heavy atom. The van der Waals surface area contributed by atoms with Crippen LogP contribution in [0.3, 0.4) is 0 Å². The highest BCUT2D eigenvalue weighted by Gasteiger charge is 2.25. The molecule has 62 valence electrons. The number of hydrogen-bond donors (Lipinski definition) is 3. The van der Waals surface area contributed by atoms with E-state index in [4.69, 9.17) is 5.11 Å². The van der Waals surface area contributed by atoms with Crippen LogP contribution >= 0.6 is 0 Å². The van der Waals surface area contributed by atoms with Gasteiger partial charge in [0.1, 0.15) is 0 Å². The highest BCUT2D eigenvalue weighted by Crippen LogP contribution is 2.02. The predicted molar refractivity (Wildman–Crippen MR) is 36.4 cm³/mol. The minimum absolute atomic E-state index is 0.244. The highest BCUT2D eigenvalue weighted by atomic mass is 16.3. The van der Waals surface area contributed by atoms with Crippen LogP contribution in [0.15, 0.2) is 0 Å². The van der Waals surface area contributed by atoms with Crippen LogP contribution in [0.25, 0.3) is 0 Å². The van der Waals surface area contributed by atoms with Crippen molar-refractivity contribution in [3.63, 3.8) is 0 Å². The summed E-state index contributed by atoms with van der Waals surface area (Å²) in [5, 5.41) is 13.1. The maximum atomic E-state index is 10.9. The molecule has 5 nitrogen and oxygen atoms in total. The third-order valence-corrected chi connectivity index (χ3v) is 1.58. The van der Waals surface area contributed by atoms with Gasteiger partial charge >= 0.3 is 0 Å². The van der Waals surface area contributed by atoms with Gasteiger partial charge < -0.3 is 5.11 Å². The molecule has 0 saturated carbocycles. The summed E-state index contributed by atoms with van der Waals surface area (Å²) in [5.74, 6) is -0.596. The van der Waals surface area contributed by atoms with Crippen molar-refractivity contribution in [1.82, 2.24) is 10.6 Å². The van der Waals surface area contributed by atoms with E-state index in [1.165, 1.54) is 0 Å². The van der Waals surface area contributed by atoms with Crippen LogP contribution in [0.4, 0.5) is 0 Å². The van der Waals surface area contributed by atoms with Gasteiger partial charge in [-0.25, -0.2) is 0 Å². The molecule has 0 spiro atoms. The first-order chi connectivity index (χ1) is 5.24. The van der Waals surface area contributed by atoms with Gasteiger partial charge in [0.15, 0.2) is 0 Å². The first kappa shape index (κ1) is 8.16. The number of aliphatic hydroxyl groups excluding tert-OH is 1. The van der Waals surface area contributed by atoms with E-state index in [0.717, 1.165) is 0 Å². The molecule has 1 heterocycles. The zero-order valence-electron chi connectivity index (χ0n) is 5.96. The van der Waals surface area contributed by atoms with Gasteiger partial charge in [0.2, 0.25) is 11.8 Å². The van der Waals surface area contributed by atoms with Crippen LogP contribution in [-0.4, -0.2) is 29.7 Å². The van der Waals surface area contributed by atoms with Gasteiger partial charge in [-0.3, -0.25) is 20.2 Å². The molecule has 0 aromatic carbocycles. The maximum Gasteiger partial charge on any atom is 0.243 e. The van der Waals surface area contributed by atoms with Crippen molar-refractivity contribution in [3.05, 3.63) is 0 Å². The zero-order valence-corrected chi connectivity index (χ0v) is 5.96. The summed E-state index contributed by atoms with van der Waals surface area (Å²) >= 11 is 0. The summed E-state index contributed by atoms with van der Waals surface area (Å²) in [7, 11) is 0. The molecule has 1 aliphatic rings. The molecule has 0 radical (unpaired) electrons. The highest BCUT2D eigenvalue weighted by molar-refractivity contribution is 6.00. The van der Waals surface area contributed by atoms with Crippen LogP contribution in [0.5, 0.6) is 0 Å². The minimum Gasteiger partial charge on any atom is -0.381 e. The van der Waals surface area contributed by atoms with Crippen molar-refractivity contribution in [2.24, 2.45) is 0 Å². The molecule has 0 aromatic rings. The van der Waals surface area contributed by atoms with Gasteiger partial charge in [0, 0.05) is 6.42 Å². The van der Waals surface area contributed by atoms with E-state index < -0.39 is 6.04 Å². The van der Waals surface area contributed by atoms with Gasteiger partial charge in [-0.05, 0) is 6.42 Å². The Labute approximate surface area is 63.8 Å². The average Bonchev–Trinajstić information content (AvgIpc) is 1.95. The number of nitrogens with one attached hydrogen (secondary N) is 2. The van der Waals surface area contributed by atoms with Gasteiger partial charge in [0.05, 0.1) is 12.8 Å². The van der Waals surface area contributed by atoms with Crippen LogP contribution in [0, 0.1) is 0 Å². The quantitative estimate of drug-likeness (QED) is 0.331. The Bertz CT molecular complexity index is 181. The number of carbonyl (C=O) groups is 2. The van der Waals surface area contributed by atoms with Crippen molar-refractivity contribution < 1.29 is 14.7 Å². The predicted octanol–water partition coefficient (Wildman–Crippen LogP) is -1.67. The van der Waals surface area contributed by atoms with Crippen molar-refractivity contribution in [2.75, 3.05) is 6.73 Å². The second-order valence-corrected chi connectivity index (χ2v) is 2.37. The summed E-state index contributed by atoms with van der Waals surface area (Å²) in [5.41, 5.74) is 0. The number of rotatable bonds is 2. The molecule has 11 heavy (non-hydrogen) atoms. The van der Waals surface area contributed by atoms with Crippen LogP contribution in [0.1, 0.15) is 12.8 Å². The van der Waals surface area contributed by atoms with E-state index in [2.05, 4.69) is 10.6 Å². The third kappa shape index (κ3) is 1.99. The number of piperidine rings is 1. The molecule has 1 saturated heterocycles. The second kappa shape index (κ2) is 3.45. The van der Waals surface area contributed by atoms with Crippen LogP contribution in [-0.2, 0) is 9.59 Å². The number of imide groups is 1. The minimum atomic E-state index is -0.419. The summed E-state index contributed by atoms with van der Waals surface area (Å²) in [6, 6.07) is -0.419. The standard InChI is InChI=1S/C6H10N2O3/c9-3-7-4-1-2-5(10)8-6(4)11/h4,7,9H,1-3H2,(H,8,10,11). The molecule has 5 heteroatoms. The van der Waals surface area contributed by atoms with Crippen LogP contribution in [0.2, 0.25) is 0 Å². The van der Waals surface area contributed by atoms with Crippen molar-refractivity contribution in [2.45, 2.75) is 18.9 Å². The maximum absolute atomic E-state index is 10.9. The lowest BCUT2D eigenvalue weighted by Gasteiger charge is -2.20. The summed E-state index contributed by atoms with van der Waals surface area (Å²) in [6.07, 6.45) is 0.800. The summed E-state index contributed by atoms with van der Waals surface area (Å²) < 4.78 is 0. The molecular formula is C6H10N2O3. The molecule has 1 rings (SSSR count). The van der Waals surface area contributed by atoms with E-state index in [1.54, 1.807) is 0 Å². The zero-order chi connectivity index (χ0) is 8.27. The Morgan fingerprint density at radius 1 is 1.64 bits per heavy atom. The Morgan fingerprint density at radius 2 is 2.36 bits per heavy atom. The fourth-order valence-corrected chi connectivity index (χ4v) is 0.999. The SMILES string of the molecule is O=C1CCC(NCO)C(=O)N1. The first-order valence-corrected chi connectivity index (χ1v) is 3.42. The van der Waals surface area contributed by atoms with E-state index in [-0.39, 0.29) is 18.5 Å². The first-order valence-electron chi connectivity index (χ1n) is 3.42. The van der Waals surface area contributed by atoms with E-state index >= 15 is 0 Å². The molecule has 1 unspecified atom stereocenters. The Kier molecular flexibility index (Phi) is 2.56. The van der Waals surface area contributed by atoms with Gasteiger partial charge in [-0.15, -0.1) is 0 Å². The molecule has 2 amide bonds. The van der Waals surface area contributed by atoms with Gasteiger partial charge in [-0.1, -0.05) is 0 Å². The van der Waals surface area contributed by atoms with Crippen molar-refractivity contribution in [1.29, 1.82) is 0 Å². The normalized spacial score (nSPS) is 25.0. The lowest BCUT2D eigenvalue weighted by atomic mass is 10.1. The fourth-order valence-electron chi connectivity index (χ4n) is 0.999. The van der Waals surface area contributed by atoms with Crippen LogP contribution < -0.4 is 10.6 Å². The average molecular weight is 158 g/mol. The molecule has 1 aliphatic heterocycles. The molecule has 0 aliphatic carbocycles. The number of amides is 2. The Hall–Kier alpha value is -0.940. The monoisotopic (exact) mass is 158 g/mol. The van der Waals surface area contributed by atoms with Crippen molar-refractivity contribution in [3.8, 4) is 0 Å². The molecule has 1 fully saturated rings. The number of hydrogen-bond acceptors (Lipinski definition) is 4. The van der Waals surface area contributed by atoms with E-state index in [9.17, 15) is 9.59 Å². The second-order valence-electron chi connectivity index (χ2n) is 2.37. The lowest BCUT2D eigenvalue weighted by Crippen LogP contribution is -2.50. The number of aliphatic hydroxyl groups is 1. The fraction of sp³-hybridized carbons (Fsp3) is 0.667. The molecule has 0 aromatic heterocycles. The smallest absolute Gasteiger partial charge is 0.243 e. The lowest BCUT2D eigenvalue weighted by molar-refractivity contribution is -0.135. The third-order valence-electron chi connectivity index (χ3n) is 1.58. The largest absolute Gasteiger partial charge is 0.381 e. The van der Waals surface area contributed by atoms with E-state index in [0.29, 0.717) is 12.8 Å². The van der Waals surface area contributed by atoms with Gasteiger partial charge in [-0.2, -0.15) is 0 Å². The molecule has 0 bridgehead atoms. The molecular weight excluding hydrogens is 148 g/mol. The summed E-state index contributed by atoms with van der Waals surface area (Å²) in [4.78, 5) is 21.5.